The number of hydrogen-bond acceptors (Lipinski definition) is 6. The number of likely N-dealkylation sites (N-methyl/N-ethyl adjacent to an activating group) is 1. The molecule has 1 heterocycles. The number of nitrogens with two attached hydrogens (primary N) is 1. The van der Waals surface area contributed by atoms with Crippen LogP contribution in [0.1, 0.15) is 39.7 Å². The molecule has 28 heavy (non-hydrogen) atoms. The van der Waals surface area contributed by atoms with Gasteiger partial charge < -0.3 is 11.1 Å². The minimum Gasteiger partial charge on any atom is -0.365 e. The Balaban J connectivity index is 1.73. The van der Waals surface area contributed by atoms with E-state index in [9.17, 15) is 19.7 Å². The summed E-state index contributed by atoms with van der Waals surface area (Å²) in [5.41, 5.74) is 7.45. The Labute approximate surface area is 166 Å². The average molecular weight is 402 g/mol. The molecule has 3 rings (SSSR count). The second-order valence-corrected chi connectivity index (χ2v) is 8.00. The van der Waals surface area contributed by atoms with Crippen LogP contribution in [0.2, 0.25) is 0 Å². The first-order chi connectivity index (χ1) is 13.3. The second kappa shape index (κ2) is 8.07. The molecule has 0 spiro atoms. The highest BCUT2D eigenvalue weighted by atomic mass is 32.1. The molecule has 1 aliphatic carbocycles. The zero-order valence-corrected chi connectivity index (χ0v) is 16.5. The fourth-order valence-electron chi connectivity index (χ4n) is 3.40. The summed E-state index contributed by atoms with van der Waals surface area (Å²) in [4.78, 5) is 38.2. The number of para-hydroxylation sites is 1. The molecular weight excluding hydrogens is 380 g/mol. The highest BCUT2D eigenvalue weighted by molar-refractivity contribution is 7.17. The Bertz CT molecular complexity index is 940. The van der Waals surface area contributed by atoms with Gasteiger partial charge in [0.15, 0.2) is 0 Å². The van der Waals surface area contributed by atoms with Crippen molar-refractivity contribution < 1.29 is 14.5 Å². The van der Waals surface area contributed by atoms with Crippen LogP contribution in [0.25, 0.3) is 0 Å². The van der Waals surface area contributed by atoms with Crippen LogP contribution >= 0.6 is 11.3 Å². The molecule has 2 amide bonds. The lowest BCUT2D eigenvalue weighted by atomic mass is 10.1. The fraction of sp³-hybridized carbons (Fsp3) is 0.368. The molecule has 2 aromatic rings. The minimum atomic E-state index is -0.558. The summed E-state index contributed by atoms with van der Waals surface area (Å²) in [7, 11) is 1.73. The zero-order valence-electron chi connectivity index (χ0n) is 15.7. The van der Waals surface area contributed by atoms with Crippen molar-refractivity contribution in [1.29, 1.82) is 0 Å². The molecule has 1 atom stereocenters. The first-order valence-electron chi connectivity index (χ1n) is 8.97. The van der Waals surface area contributed by atoms with Gasteiger partial charge in [0.1, 0.15) is 5.00 Å². The van der Waals surface area contributed by atoms with Crippen molar-refractivity contribution in [1.82, 2.24) is 4.90 Å². The first-order valence-corrected chi connectivity index (χ1v) is 9.79. The zero-order chi connectivity index (χ0) is 20.4. The van der Waals surface area contributed by atoms with Gasteiger partial charge in [-0.15, -0.1) is 11.3 Å². The van der Waals surface area contributed by atoms with Crippen LogP contribution in [0.5, 0.6) is 0 Å². The van der Waals surface area contributed by atoms with E-state index in [1.54, 1.807) is 37.1 Å². The molecular formula is C19H22N4O4S. The summed E-state index contributed by atoms with van der Waals surface area (Å²) in [6.07, 6.45) is 2.68. The van der Waals surface area contributed by atoms with Crippen LogP contribution in [-0.4, -0.2) is 34.7 Å². The molecule has 0 radical (unpaired) electrons. The maximum Gasteiger partial charge on any atom is 0.273 e. The Morgan fingerprint density at radius 2 is 2.07 bits per heavy atom. The molecule has 1 aromatic heterocycles. The molecule has 1 aliphatic rings. The van der Waals surface area contributed by atoms with E-state index >= 15 is 0 Å². The number of nitro groups is 1. The Morgan fingerprint density at radius 3 is 2.75 bits per heavy atom. The third-order valence-corrected chi connectivity index (χ3v) is 6.26. The summed E-state index contributed by atoms with van der Waals surface area (Å²) in [5.74, 6) is -0.820. The number of fused-ring (bicyclic) bond motifs is 1. The number of benzene rings is 1. The van der Waals surface area contributed by atoms with Gasteiger partial charge in [-0.25, -0.2) is 0 Å². The number of nitrogens with one attached hydrogen (secondary N) is 1. The van der Waals surface area contributed by atoms with Crippen LogP contribution < -0.4 is 11.1 Å². The molecule has 0 aliphatic heterocycles. The lowest BCUT2D eigenvalue weighted by molar-refractivity contribution is -0.385. The molecule has 1 unspecified atom stereocenters. The summed E-state index contributed by atoms with van der Waals surface area (Å²) < 4.78 is 0. The van der Waals surface area contributed by atoms with Gasteiger partial charge in [0, 0.05) is 23.1 Å². The van der Waals surface area contributed by atoms with E-state index in [1.165, 1.54) is 17.4 Å². The Hall–Kier alpha value is -2.78. The Kier molecular flexibility index (Phi) is 5.76. The van der Waals surface area contributed by atoms with Crippen molar-refractivity contribution in [2.75, 3.05) is 12.4 Å². The number of nitrogens with zero attached hydrogens (tertiary/aromatic N) is 2. The number of amides is 2. The van der Waals surface area contributed by atoms with Crippen molar-refractivity contribution in [3.63, 3.8) is 0 Å². The fourth-order valence-corrected chi connectivity index (χ4v) is 4.70. The number of thiophene rings is 1. The summed E-state index contributed by atoms with van der Waals surface area (Å²) in [5, 5.41) is 14.5. The lowest BCUT2D eigenvalue weighted by Gasteiger charge is -2.23. The van der Waals surface area contributed by atoms with Gasteiger partial charge in [-0.3, -0.25) is 24.6 Å². The van der Waals surface area contributed by atoms with Gasteiger partial charge in [-0.05, 0) is 38.8 Å². The van der Waals surface area contributed by atoms with Crippen molar-refractivity contribution in [2.45, 2.75) is 38.8 Å². The smallest absolute Gasteiger partial charge is 0.273 e. The maximum atomic E-state index is 12.7. The number of nitro benzene ring substituents is 1. The van der Waals surface area contributed by atoms with E-state index < -0.39 is 16.9 Å². The van der Waals surface area contributed by atoms with Gasteiger partial charge in [0.25, 0.3) is 11.6 Å². The van der Waals surface area contributed by atoms with E-state index in [1.807, 2.05) is 0 Å². The largest absolute Gasteiger partial charge is 0.365 e. The monoisotopic (exact) mass is 402 g/mol. The number of anilines is 1. The van der Waals surface area contributed by atoms with Crippen molar-refractivity contribution >= 4 is 33.8 Å². The van der Waals surface area contributed by atoms with Crippen LogP contribution in [0.15, 0.2) is 24.3 Å². The maximum absolute atomic E-state index is 12.7. The number of aryl methyl sites for hydroxylation is 1. The second-order valence-electron chi connectivity index (χ2n) is 6.89. The molecule has 3 N–H and O–H groups in total. The van der Waals surface area contributed by atoms with Crippen molar-refractivity contribution in [2.24, 2.45) is 5.73 Å². The molecule has 9 heteroatoms. The normalized spacial score (nSPS) is 14.0. The minimum absolute atomic E-state index is 0.0210. The number of primary amides is 1. The third-order valence-electron chi connectivity index (χ3n) is 5.05. The molecule has 1 aromatic carbocycles. The Morgan fingerprint density at radius 1 is 1.36 bits per heavy atom. The molecule has 0 fully saturated rings. The van der Waals surface area contributed by atoms with Crippen LogP contribution in [-0.2, 0) is 24.2 Å². The number of carbonyl (C=O) groups is 2. The van der Waals surface area contributed by atoms with Gasteiger partial charge >= 0.3 is 0 Å². The SMILES string of the molecule is CC(C(=O)Nc1sc2c(c1C(N)=O)CCC2)N(C)Cc1ccccc1[N+](=O)[O-]. The number of hydrogen-bond donors (Lipinski definition) is 2. The van der Waals surface area contributed by atoms with E-state index in [0.29, 0.717) is 16.1 Å². The molecule has 0 saturated heterocycles. The van der Waals surface area contributed by atoms with Crippen molar-refractivity contribution in [3.8, 4) is 0 Å². The van der Waals surface area contributed by atoms with E-state index in [0.717, 1.165) is 29.7 Å². The van der Waals surface area contributed by atoms with E-state index in [2.05, 4.69) is 5.32 Å². The average Bonchev–Trinajstić information content (AvgIpc) is 3.21. The predicted octanol–water partition coefficient (Wildman–Crippen LogP) is 2.70. The van der Waals surface area contributed by atoms with Crippen LogP contribution in [0.4, 0.5) is 10.7 Å². The number of rotatable bonds is 7. The molecule has 0 bridgehead atoms. The van der Waals surface area contributed by atoms with E-state index in [4.69, 9.17) is 5.73 Å². The van der Waals surface area contributed by atoms with Gasteiger partial charge in [0.2, 0.25) is 5.91 Å². The standard InChI is InChI=1S/C19H22N4O4S/c1-11(22(2)10-12-6-3-4-8-14(12)23(26)27)18(25)21-19-16(17(20)24)13-7-5-9-15(13)28-19/h3-4,6,8,11H,5,7,9-10H2,1-2H3,(H2,20,24)(H,21,25). The molecule has 148 valence electrons. The van der Waals surface area contributed by atoms with Gasteiger partial charge in [-0.1, -0.05) is 18.2 Å². The van der Waals surface area contributed by atoms with Crippen LogP contribution in [0.3, 0.4) is 0 Å². The summed E-state index contributed by atoms with van der Waals surface area (Å²) in [6, 6.07) is 5.90. The molecule has 8 nitrogen and oxygen atoms in total. The van der Waals surface area contributed by atoms with Gasteiger partial charge in [0.05, 0.1) is 16.5 Å². The lowest BCUT2D eigenvalue weighted by Crippen LogP contribution is -2.39. The first kappa shape index (κ1) is 20.0. The quantitative estimate of drug-likeness (QED) is 0.545. The predicted molar refractivity (Wildman–Crippen MR) is 108 cm³/mol. The van der Waals surface area contributed by atoms with Gasteiger partial charge in [-0.2, -0.15) is 0 Å². The van der Waals surface area contributed by atoms with Crippen LogP contribution in [0, 0.1) is 10.1 Å². The summed E-state index contributed by atoms with van der Waals surface area (Å²) in [6.45, 7) is 1.96. The van der Waals surface area contributed by atoms with E-state index in [-0.39, 0.29) is 18.1 Å². The molecule has 0 saturated carbocycles. The topological polar surface area (TPSA) is 119 Å². The summed E-state index contributed by atoms with van der Waals surface area (Å²) >= 11 is 1.40. The highest BCUT2D eigenvalue weighted by Gasteiger charge is 2.28. The highest BCUT2D eigenvalue weighted by Crippen LogP contribution is 2.39. The van der Waals surface area contributed by atoms with Crippen molar-refractivity contribution in [3.05, 3.63) is 55.9 Å². The third kappa shape index (κ3) is 3.90. The number of carbonyl (C=O) groups excluding carboxylic acids is 2.